The predicted molar refractivity (Wildman–Crippen MR) is 114 cm³/mol. The van der Waals surface area contributed by atoms with E-state index < -0.39 is 0 Å². The van der Waals surface area contributed by atoms with Gasteiger partial charge < -0.3 is 9.64 Å². The fourth-order valence-corrected chi connectivity index (χ4v) is 4.38. The number of carbonyl (C=O) groups excluding carboxylic acids is 2. The summed E-state index contributed by atoms with van der Waals surface area (Å²) in [5.74, 6) is 2.63. The van der Waals surface area contributed by atoms with E-state index in [0.717, 1.165) is 40.6 Å². The summed E-state index contributed by atoms with van der Waals surface area (Å²) >= 11 is 0. The lowest BCUT2D eigenvalue weighted by molar-refractivity contribution is -0.130. The van der Waals surface area contributed by atoms with Gasteiger partial charge in [0, 0.05) is 50.2 Å². The van der Waals surface area contributed by atoms with E-state index in [1.807, 2.05) is 36.1 Å². The zero-order chi connectivity index (χ0) is 21.3. The van der Waals surface area contributed by atoms with E-state index >= 15 is 0 Å². The van der Waals surface area contributed by atoms with Crippen molar-refractivity contribution in [3.8, 4) is 5.75 Å². The zero-order valence-electron chi connectivity index (χ0n) is 17.9. The molecule has 7 heteroatoms. The van der Waals surface area contributed by atoms with Crippen molar-refractivity contribution in [1.29, 1.82) is 0 Å². The third-order valence-electron chi connectivity index (χ3n) is 6.20. The number of anilines is 1. The van der Waals surface area contributed by atoms with E-state index in [-0.39, 0.29) is 17.7 Å². The van der Waals surface area contributed by atoms with Crippen LogP contribution in [0.5, 0.6) is 5.75 Å². The number of ether oxygens (including phenoxy) is 1. The molecular formula is C23H28N4O3. The van der Waals surface area contributed by atoms with Gasteiger partial charge >= 0.3 is 0 Å². The zero-order valence-corrected chi connectivity index (χ0v) is 17.9. The molecule has 0 radical (unpaired) electrons. The van der Waals surface area contributed by atoms with Crippen LogP contribution in [0.15, 0.2) is 24.3 Å². The van der Waals surface area contributed by atoms with E-state index in [2.05, 4.69) is 0 Å². The average molecular weight is 409 g/mol. The van der Waals surface area contributed by atoms with Crippen molar-refractivity contribution in [2.24, 2.45) is 0 Å². The minimum atomic E-state index is 0.0890. The molecule has 1 unspecified atom stereocenters. The summed E-state index contributed by atoms with van der Waals surface area (Å²) in [4.78, 5) is 37.9. The van der Waals surface area contributed by atoms with Gasteiger partial charge in [0.1, 0.15) is 17.4 Å². The fourth-order valence-electron chi connectivity index (χ4n) is 4.38. The van der Waals surface area contributed by atoms with Crippen LogP contribution in [0.4, 0.5) is 5.82 Å². The Kier molecular flexibility index (Phi) is 5.70. The topological polar surface area (TPSA) is 75.6 Å². The molecule has 1 saturated heterocycles. The molecule has 0 N–H and O–H groups in total. The van der Waals surface area contributed by atoms with Crippen LogP contribution in [0.25, 0.3) is 0 Å². The SMILES string of the molecule is COc1ccccc1CCC(=O)N1CCC(c2nc(C)c3c(n2)N(C)C(=O)CC3)C1. The largest absolute Gasteiger partial charge is 0.496 e. The van der Waals surface area contributed by atoms with Crippen LogP contribution in [0, 0.1) is 6.92 Å². The second-order valence-electron chi connectivity index (χ2n) is 8.06. The Balaban J connectivity index is 1.42. The smallest absolute Gasteiger partial charge is 0.228 e. The number of hydrogen-bond donors (Lipinski definition) is 0. The highest BCUT2D eigenvalue weighted by atomic mass is 16.5. The van der Waals surface area contributed by atoms with Gasteiger partial charge in [-0.15, -0.1) is 0 Å². The van der Waals surface area contributed by atoms with E-state index in [1.165, 1.54) is 0 Å². The van der Waals surface area contributed by atoms with Gasteiger partial charge in [0.2, 0.25) is 11.8 Å². The summed E-state index contributed by atoms with van der Waals surface area (Å²) in [6, 6.07) is 7.82. The summed E-state index contributed by atoms with van der Waals surface area (Å²) < 4.78 is 5.38. The highest BCUT2D eigenvalue weighted by Gasteiger charge is 2.32. The highest BCUT2D eigenvalue weighted by Crippen LogP contribution is 2.31. The molecule has 3 heterocycles. The van der Waals surface area contributed by atoms with Crippen LogP contribution >= 0.6 is 0 Å². The van der Waals surface area contributed by atoms with Crippen molar-refractivity contribution in [2.45, 2.75) is 44.9 Å². The summed E-state index contributed by atoms with van der Waals surface area (Å²) in [7, 11) is 3.43. The van der Waals surface area contributed by atoms with Crippen molar-refractivity contribution < 1.29 is 14.3 Å². The second kappa shape index (κ2) is 8.42. The van der Waals surface area contributed by atoms with E-state index in [1.54, 1.807) is 19.1 Å². The van der Waals surface area contributed by atoms with Crippen LogP contribution in [-0.4, -0.2) is 53.9 Å². The first-order valence-electron chi connectivity index (χ1n) is 10.5. The number of methoxy groups -OCH3 is 1. The van der Waals surface area contributed by atoms with Gasteiger partial charge in [-0.05, 0) is 37.8 Å². The van der Waals surface area contributed by atoms with Gasteiger partial charge in [0.25, 0.3) is 0 Å². The molecule has 0 bridgehead atoms. The predicted octanol–water partition coefficient (Wildman–Crippen LogP) is 2.65. The van der Waals surface area contributed by atoms with Gasteiger partial charge in [-0.2, -0.15) is 0 Å². The standard InChI is InChI=1S/C23H28N4O3/c1-15-18-9-11-20(28)26(2)23(18)25-22(24-15)17-12-13-27(14-17)21(29)10-8-16-6-4-5-7-19(16)30-3/h4-7,17H,8-14H2,1-3H3. The Hall–Kier alpha value is -2.96. The molecule has 1 fully saturated rings. The molecule has 30 heavy (non-hydrogen) atoms. The summed E-state index contributed by atoms with van der Waals surface area (Å²) in [5.41, 5.74) is 3.05. The average Bonchev–Trinajstić information content (AvgIpc) is 3.25. The van der Waals surface area contributed by atoms with Crippen LogP contribution in [0.2, 0.25) is 0 Å². The third-order valence-corrected chi connectivity index (χ3v) is 6.20. The number of likely N-dealkylation sites (tertiary alicyclic amines) is 1. The Morgan fingerprint density at radius 1 is 1.23 bits per heavy atom. The second-order valence-corrected chi connectivity index (χ2v) is 8.06. The number of hydrogen-bond acceptors (Lipinski definition) is 5. The maximum Gasteiger partial charge on any atom is 0.228 e. The number of carbonyl (C=O) groups is 2. The number of aromatic nitrogens is 2. The van der Waals surface area contributed by atoms with Crippen molar-refractivity contribution in [2.75, 3.05) is 32.1 Å². The van der Waals surface area contributed by atoms with E-state index in [0.29, 0.717) is 38.8 Å². The number of nitrogens with zero attached hydrogens (tertiary/aromatic N) is 4. The van der Waals surface area contributed by atoms with Crippen LogP contribution in [0.3, 0.4) is 0 Å². The van der Waals surface area contributed by atoms with E-state index in [4.69, 9.17) is 14.7 Å². The molecule has 0 aliphatic carbocycles. The molecule has 2 aromatic rings. The molecule has 7 nitrogen and oxygen atoms in total. The number of rotatable bonds is 5. The van der Waals surface area contributed by atoms with Gasteiger partial charge in [-0.1, -0.05) is 18.2 Å². The van der Waals surface area contributed by atoms with Gasteiger partial charge in [0.05, 0.1) is 7.11 Å². The van der Waals surface area contributed by atoms with Crippen LogP contribution in [-0.2, 0) is 22.4 Å². The normalized spacial score (nSPS) is 18.5. The quantitative estimate of drug-likeness (QED) is 0.760. The van der Waals surface area contributed by atoms with Gasteiger partial charge in [-0.25, -0.2) is 9.97 Å². The minimum absolute atomic E-state index is 0.0890. The van der Waals surface area contributed by atoms with Crippen molar-refractivity contribution in [1.82, 2.24) is 14.9 Å². The monoisotopic (exact) mass is 408 g/mol. The van der Waals surface area contributed by atoms with Gasteiger partial charge in [-0.3, -0.25) is 14.5 Å². The summed E-state index contributed by atoms with van der Waals surface area (Å²) in [6.07, 6.45) is 3.16. The first kappa shape index (κ1) is 20.3. The van der Waals surface area contributed by atoms with Crippen molar-refractivity contribution in [3.63, 3.8) is 0 Å². The number of benzene rings is 1. The minimum Gasteiger partial charge on any atom is -0.496 e. The van der Waals surface area contributed by atoms with Crippen LogP contribution in [0.1, 0.15) is 47.8 Å². The molecule has 0 spiro atoms. The maximum absolute atomic E-state index is 12.8. The highest BCUT2D eigenvalue weighted by molar-refractivity contribution is 5.94. The van der Waals surface area contributed by atoms with Crippen molar-refractivity contribution in [3.05, 3.63) is 46.9 Å². The molecule has 1 aromatic heterocycles. The number of para-hydroxylation sites is 1. The number of fused-ring (bicyclic) bond motifs is 1. The summed E-state index contributed by atoms with van der Waals surface area (Å²) in [5, 5.41) is 0. The molecule has 0 saturated carbocycles. The third kappa shape index (κ3) is 3.88. The molecule has 2 aliphatic heterocycles. The van der Waals surface area contributed by atoms with Crippen molar-refractivity contribution >= 4 is 17.6 Å². The molecule has 2 aliphatic rings. The Morgan fingerprint density at radius 3 is 2.83 bits per heavy atom. The number of amides is 2. The molecule has 1 atom stereocenters. The van der Waals surface area contributed by atoms with E-state index in [9.17, 15) is 9.59 Å². The molecule has 4 rings (SSSR count). The Morgan fingerprint density at radius 2 is 2.03 bits per heavy atom. The molecular weight excluding hydrogens is 380 g/mol. The fraction of sp³-hybridized carbons (Fsp3) is 0.478. The Bertz CT molecular complexity index is 975. The molecule has 158 valence electrons. The molecule has 1 aromatic carbocycles. The number of aryl methyl sites for hydroxylation is 2. The lowest BCUT2D eigenvalue weighted by Crippen LogP contribution is -2.33. The lowest BCUT2D eigenvalue weighted by Gasteiger charge is -2.26. The van der Waals surface area contributed by atoms with Crippen LogP contribution < -0.4 is 9.64 Å². The Labute approximate surface area is 177 Å². The first-order valence-corrected chi connectivity index (χ1v) is 10.5. The summed E-state index contributed by atoms with van der Waals surface area (Å²) in [6.45, 7) is 3.32. The molecule has 2 amide bonds. The van der Waals surface area contributed by atoms with Gasteiger partial charge in [0.15, 0.2) is 0 Å². The first-order chi connectivity index (χ1) is 14.5. The maximum atomic E-state index is 12.8. The lowest BCUT2D eigenvalue weighted by atomic mass is 10.0.